The molecule has 8 heteroatoms. The van der Waals surface area contributed by atoms with Crippen LogP contribution in [0.3, 0.4) is 0 Å². The van der Waals surface area contributed by atoms with Gasteiger partial charge in [-0.15, -0.1) is 36.2 Å². The zero-order chi connectivity index (χ0) is 12.1. The Bertz CT molecular complexity index is 365. The van der Waals surface area contributed by atoms with Crippen LogP contribution in [-0.4, -0.2) is 36.2 Å². The number of hydrogen-bond donors (Lipinski definition) is 2. The Labute approximate surface area is 129 Å². The van der Waals surface area contributed by atoms with Crippen molar-refractivity contribution in [3.05, 3.63) is 16.6 Å². The summed E-state index contributed by atoms with van der Waals surface area (Å²) in [4.78, 5) is 15.9. The number of thiazole rings is 1. The van der Waals surface area contributed by atoms with Gasteiger partial charge in [-0.05, 0) is 12.8 Å². The highest BCUT2D eigenvalue weighted by Gasteiger charge is 2.29. The minimum atomic E-state index is -0.320. The van der Waals surface area contributed by atoms with E-state index < -0.39 is 0 Å². The maximum Gasteiger partial charge on any atom is 0.249 e. The van der Waals surface area contributed by atoms with E-state index in [0.29, 0.717) is 13.1 Å². The average molecular weight is 328 g/mol. The van der Waals surface area contributed by atoms with E-state index in [4.69, 9.17) is 10.5 Å². The SMILES string of the molecule is Cl.Cl.NC[C@H]1CC[C@@H](C(=O)NCCc2nccs2)O1. The van der Waals surface area contributed by atoms with Crippen molar-refractivity contribution in [3.8, 4) is 0 Å². The molecular formula is C11H19Cl2N3O2S. The summed E-state index contributed by atoms with van der Waals surface area (Å²) in [5.41, 5.74) is 5.50. The zero-order valence-electron chi connectivity index (χ0n) is 10.4. The smallest absolute Gasteiger partial charge is 0.249 e. The molecule has 2 heterocycles. The van der Waals surface area contributed by atoms with Crippen LogP contribution >= 0.6 is 36.2 Å². The minimum Gasteiger partial charge on any atom is -0.364 e. The maximum atomic E-state index is 11.7. The van der Waals surface area contributed by atoms with E-state index in [1.165, 1.54) is 0 Å². The number of hydrogen-bond acceptors (Lipinski definition) is 5. The van der Waals surface area contributed by atoms with Crippen LogP contribution in [0.4, 0.5) is 0 Å². The minimum absolute atomic E-state index is 0. The molecule has 0 bridgehead atoms. The number of nitrogens with two attached hydrogens (primary N) is 1. The first-order valence-corrected chi connectivity index (χ1v) is 6.69. The number of aromatic nitrogens is 1. The highest BCUT2D eigenvalue weighted by atomic mass is 35.5. The third-order valence-electron chi connectivity index (χ3n) is 2.78. The fourth-order valence-electron chi connectivity index (χ4n) is 1.85. The van der Waals surface area contributed by atoms with Gasteiger partial charge in [0.25, 0.3) is 0 Å². The monoisotopic (exact) mass is 327 g/mol. The van der Waals surface area contributed by atoms with Crippen LogP contribution in [0.25, 0.3) is 0 Å². The number of nitrogens with zero attached hydrogens (tertiary/aromatic N) is 1. The van der Waals surface area contributed by atoms with Crippen molar-refractivity contribution in [3.63, 3.8) is 0 Å². The van der Waals surface area contributed by atoms with Crippen LogP contribution in [0.1, 0.15) is 17.8 Å². The lowest BCUT2D eigenvalue weighted by atomic mass is 10.2. The lowest BCUT2D eigenvalue weighted by Crippen LogP contribution is -2.36. The van der Waals surface area contributed by atoms with Crippen molar-refractivity contribution in [2.24, 2.45) is 5.73 Å². The second-order valence-corrected chi connectivity index (χ2v) is 5.01. The third-order valence-corrected chi connectivity index (χ3v) is 3.62. The lowest BCUT2D eigenvalue weighted by Gasteiger charge is -2.12. The summed E-state index contributed by atoms with van der Waals surface area (Å²) in [7, 11) is 0. The predicted octanol–water partition coefficient (Wildman–Crippen LogP) is 1.15. The first-order chi connectivity index (χ1) is 8.29. The van der Waals surface area contributed by atoms with Gasteiger partial charge in [-0.3, -0.25) is 4.79 Å². The van der Waals surface area contributed by atoms with Crippen molar-refractivity contribution >= 4 is 42.1 Å². The summed E-state index contributed by atoms with van der Waals surface area (Å²) >= 11 is 1.60. The molecule has 0 spiro atoms. The molecule has 2 rings (SSSR count). The van der Waals surface area contributed by atoms with Gasteiger partial charge in [0.1, 0.15) is 6.10 Å². The van der Waals surface area contributed by atoms with Gasteiger partial charge < -0.3 is 15.8 Å². The second kappa shape index (κ2) is 9.50. The first-order valence-electron chi connectivity index (χ1n) is 5.81. The molecule has 0 saturated carbocycles. The quantitative estimate of drug-likeness (QED) is 0.850. The molecule has 1 amide bonds. The lowest BCUT2D eigenvalue weighted by molar-refractivity contribution is -0.131. The molecule has 19 heavy (non-hydrogen) atoms. The summed E-state index contributed by atoms with van der Waals surface area (Å²) in [5.74, 6) is -0.0301. The van der Waals surface area contributed by atoms with Crippen LogP contribution in [0.5, 0.6) is 0 Å². The van der Waals surface area contributed by atoms with Gasteiger partial charge in [0.2, 0.25) is 5.91 Å². The number of nitrogens with one attached hydrogen (secondary N) is 1. The molecule has 0 aliphatic carbocycles. The molecule has 1 aromatic rings. The summed E-state index contributed by atoms with van der Waals surface area (Å²) in [6.07, 6.45) is 3.92. The number of rotatable bonds is 5. The normalized spacial score (nSPS) is 21.3. The summed E-state index contributed by atoms with van der Waals surface area (Å²) in [5, 5.41) is 5.84. The molecule has 1 aliphatic heterocycles. The summed E-state index contributed by atoms with van der Waals surface area (Å²) < 4.78 is 5.51. The summed E-state index contributed by atoms with van der Waals surface area (Å²) in [6, 6.07) is 0. The molecule has 0 unspecified atom stereocenters. The Morgan fingerprint density at radius 2 is 2.32 bits per heavy atom. The van der Waals surface area contributed by atoms with E-state index in [2.05, 4.69) is 10.3 Å². The Morgan fingerprint density at radius 3 is 2.89 bits per heavy atom. The van der Waals surface area contributed by atoms with Gasteiger partial charge in [-0.2, -0.15) is 0 Å². The molecule has 1 aromatic heterocycles. The fourth-order valence-corrected chi connectivity index (χ4v) is 2.48. The van der Waals surface area contributed by atoms with Crippen LogP contribution in [0, 0.1) is 0 Å². The molecular weight excluding hydrogens is 309 g/mol. The van der Waals surface area contributed by atoms with Crippen molar-refractivity contribution < 1.29 is 9.53 Å². The topological polar surface area (TPSA) is 77.2 Å². The number of carbonyl (C=O) groups excluding carboxylic acids is 1. The third kappa shape index (κ3) is 5.62. The van der Waals surface area contributed by atoms with Gasteiger partial charge in [0.05, 0.1) is 11.1 Å². The Hall–Kier alpha value is -0.400. The highest BCUT2D eigenvalue weighted by molar-refractivity contribution is 7.09. The Morgan fingerprint density at radius 1 is 1.53 bits per heavy atom. The molecule has 3 N–H and O–H groups in total. The second-order valence-electron chi connectivity index (χ2n) is 4.03. The van der Waals surface area contributed by atoms with E-state index in [1.807, 2.05) is 5.38 Å². The van der Waals surface area contributed by atoms with Crippen molar-refractivity contribution in [1.29, 1.82) is 0 Å². The van der Waals surface area contributed by atoms with Gasteiger partial charge in [0.15, 0.2) is 0 Å². The molecule has 2 atom stereocenters. The van der Waals surface area contributed by atoms with Gasteiger partial charge >= 0.3 is 0 Å². The molecule has 0 aromatic carbocycles. The Balaban J connectivity index is 0.00000162. The van der Waals surface area contributed by atoms with E-state index in [0.717, 1.165) is 24.3 Å². The van der Waals surface area contributed by atoms with E-state index in [9.17, 15) is 4.79 Å². The first kappa shape index (κ1) is 18.6. The van der Waals surface area contributed by atoms with Gasteiger partial charge in [0, 0.05) is 31.1 Å². The number of ether oxygens (including phenoxy) is 1. The maximum absolute atomic E-state index is 11.7. The van der Waals surface area contributed by atoms with Crippen LogP contribution in [0.15, 0.2) is 11.6 Å². The summed E-state index contributed by atoms with van der Waals surface area (Å²) in [6.45, 7) is 1.10. The molecule has 1 fully saturated rings. The Kier molecular flexibility index (Phi) is 9.30. The van der Waals surface area contributed by atoms with Gasteiger partial charge in [-0.1, -0.05) is 0 Å². The van der Waals surface area contributed by atoms with E-state index in [1.54, 1.807) is 17.5 Å². The number of amides is 1. The number of halogens is 2. The molecule has 1 saturated heterocycles. The molecule has 5 nitrogen and oxygen atoms in total. The van der Waals surface area contributed by atoms with Crippen molar-refractivity contribution in [1.82, 2.24) is 10.3 Å². The van der Waals surface area contributed by atoms with Crippen LogP contribution in [0.2, 0.25) is 0 Å². The highest BCUT2D eigenvalue weighted by Crippen LogP contribution is 2.18. The average Bonchev–Trinajstić information content (AvgIpc) is 2.99. The van der Waals surface area contributed by atoms with E-state index >= 15 is 0 Å². The molecule has 0 radical (unpaired) electrons. The molecule has 110 valence electrons. The predicted molar refractivity (Wildman–Crippen MR) is 80.3 cm³/mol. The van der Waals surface area contributed by atoms with Crippen molar-refractivity contribution in [2.45, 2.75) is 31.5 Å². The van der Waals surface area contributed by atoms with Crippen LogP contribution in [-0.2, 0) is 16.0 Å². The van der Waals surface area contributed by atoms with Crippen LogP contribution < -0.4 is 11.1 Å². The largest absolute Gasteiger partial charge is 0.364 e. The van der Waals surface area contributed by atoms with Gasteiger partial charge in [-0.25, -0.2) is 4.98 Å². The number of carbonyl (C=O) groups is 1. The zero-order valence-corrected chi connectivity index (χ0v) is 12.9. The standard InChI is InChI=1S/C11H17N3O2S.2ClH/c12-7-8-1-2-9(16-8)11(15)14-4-3-10-13-5-6-17-10;;/h5-6,8-9H,1-4,7,12H2,(H,14,15);2*1H/t8-,9+;;/m1../s1. The molecule has 1 aliphatic rings. The fraction of sp³-hybridized carbons (Fsp3) is 0.636. The van der Waals surface area contributed by atoms with Crippen molar-refractivity contribution in [2.75, 3.05) is 13.1 Å². The van der Waals surface area contributed by atoms with E-state index in [-0.39, 0.29) is 42.9 Å².